The third-order valence-electron chi connectivity index (χ3n) is 4.51. The lowest BCUT2D eigenvalue weighted by Gasteiger charge is -2.30. The Labute approximate surface area is 154 Å². The molecule has 1 fully saturated rings. The van der Waals surface area contributed by atoms with Gasteiger partial charge in [0.25, 0.3) is 5.69 Å². The van der Waals surface area contributed by atoms with Gasteiger partial charge in [-0.3, -0.25) is 14.9 Å². The van der Waals surface area contributed by atoms with Crippen LogP contribution in [0.25, 0.3) is 10.9 Å². The van der Waals surface area contributed by atoms with E-state index in [1.165, 1.54) is 12.1 Å². The molecule has 2 heterocycles. The third-order valence-corrected chi connectivity index (χ3v) is 4.51. The fourth-order valence-corrected chi connectivity index (χ4v) is 3.32. The van der Waals surface area contributed by atoms with Crippen LogP contribution in [0.5, 0.6) is 0 Å². The zero-order chi connectivity index (χ0) is 19.7. The van der Waals surface area contributed by atoms with Crippen molar-refractivity contribution in [3.8, 4) is 0 Å². The van der Waals surface area contributed by atoms with Gasteiger partial charge in [-0.05, 0) is 19.9 Å². The lowest BCUT2D eigenvalue weighted by atomic mass is 10.0. The first-order valence-corrected chi connectivity index (χ1v) is 8.49. The number of carbonyl (C=O) groups excluding carboxylic acids is 1. The van der Waals surface area contributed by atoms with E-state index in [-0.39, 0.29) is 23.2 Å². The second-order valence-corrected chi connectivity index (χ2v) is 6.06. The fraction of sp³-hybridized carbons (Fsp3) is 0.412. The van der Waals surface area contributed by atoms with Crippen molar-refractivity contribution in [1.82, 2.24) is 9.88 Å². The van der Waals surface area contributed by atoms with Crippen LogP contribution in [-0.4, -0.2) is 41.8 Å². The Hall–Kier alpha value is -2.98. The number of benzene rings is 1. The zero-order valence-corrected chi connectivity index (χ0v) is 15.0. The Morgan fingerprint density at radius 1 is 1.52 bits per heavy atom. The van der Waals surface area contributed by atoms with E-state index in [0.29, 0.717) is 30.9 Å². The molecule has 0 saturated carbocycles. The van der Waals surface area contributed by atoms with E-state index in [4.69, 9.17) is 15.2 Å². The molecular formula is C17H20N4O6. The van der Waals surface area contributed by atoms with Crippen LogP contribution in [0, 0.1) is 17.0 Å². The van der Waals surface area contributed by atoms with Crippen LogP contribution in [0.3, 0.4) is 0 Å². The molecule has 144 valence electrons. The number of nitrogens with two attached hydrogens (primary N) is 1. The number of pyridine rings is 1. The summed E-state index contributed by atoms with van der Waals surface area (Å²) in [4.78, 5) is 36.0. The molecule has 1 saturated heterocycles. The number of nitrogen functional groups attached to an aromatic ring is 1. The van der Waals surface area contributed by atoms with Crippen LogP contribution in [-0.2, 0) is 9.47 Å². The highest BCUT2D eigenvalue weighted by atomic mass is 16.6. The van der Waals surface area contributed by atoms with E-state index >= 15 is 0 Å². The number of nitrogens with zero attached hydrogens (tertiary/aromatic N) is 2. The maximum Gasteiger partial charge on any atom is 0.343 e. The number of esters is 1. The number of ether oxygens (including phenoxy) is 2. The van der Waals surface area contributed by atoms with E-state index in [1.807, 2.05) is 0 Å². The summed E-state index contributed by atoms with van der Waals surface area (Å²) in [5.41, 5.74) is 5.09. The van der Waals surface area contributed by atoms with E-state index < -0.39 is 28.2 Å². The molecule has 1 aromatic heterocycles. The van der Waals surface area contributed by atoms with Crippen molar-refractivity contribution in [3.05, 3.63) is 43.7 Å². The highest BCUT2D eigenvalue weighted by molar-refractivity contribution is 6.01. The average Bonchev–Trinajstić information content (AvgIpc) is 2.62. The van der Waals surface area contributed by atoms with Crippen molar-refractivity contribution in [1.29, 1.82) is 0 Å². The Bertz CT molecular complexity index is 978. The number of rotatable bonds is 4. The van der Waals surface area contributed by atoms with Crippen molar-refractivity contribution in [2.45, 2.75) is 20.1 Å². The molecule has 1 atom stereocenters. The van der Waals surface area contributed by atoms with Crippen molar-refractivity contribution >= 4 is 28.2 Å². The molecular weight excluding hydrogens is 356 g/mol. The molecule has 0 radical (unpaired) electrons. The monoisotopic (exact) mass is 376 g/mol. The number of carbonyl (C=O) groups is 1. The molecule has 27 heavy (non-hydrogen) atoms. The average molecular weight is 376 g/mol. The first kappa shape index (κ1) is 18.8. The van der Waals surface area contributed by atoms with Gasteiger partial charge in [0.15, 0.2) is 0 Å². The molecule has 0 aliphatic carbocycles. The number of aromatic nitrogens is 1. The summed E-state index contributed by atoms with van der Waals surface area (Å²) in [6, 6.07) is 2.69. The minimum Gasteiger partial charge on any atom is -0.462 e. The molecule has 10 nitrogen and oxygen atoms in total. The largest absolute Gasteiger partial charge is 0.462 e. The molecule has 10 heteroatoms. The predicted molar refractivity (Wildman–Crippen MR) is 97.8 cm³/mol. The Morgan fingerprint density at radius 2 is 2.26 bits per heavy atom. The predicted octanol–water partition coefficient (Wildman–Crippen LogP) is 1.10. The van der Waals surface area contributed by atoms with Crippen molar-refractivity contribution in [2.24, 2.45) is 0 Å². The Morgan fingerprint density at radius 3 is 2.85 bits per heavy atom. The number of hydrogen-bond acceptors (Lipinski definition) is 8. The van der Waals surface area contributed by atoms with E-state index in [9.17, 15) is 19.7 Å². The van der Waals surface area contributed by atoms with Crippen molar-refractivity contribution in [2.75, 3.05) is 32.0 Å². The topological polar surface area (TPSA) is 139 Å². The number of morpholine rings is 1. The first-order valence-electron chi connectivity index (χ1n) is 8.49. The van der Waals surface area contributed by atoms with Crippen molar-refractivity contribution in [3.63, 3.8) is 0 Å². The number of fused-ring (bicyclic) bond motifs is 1. The summed E-state index contributed by atoms with van der Waals surface area (Å²) >= 11 is 0. The van der Waals surface area contributed by atoms with Gasteiger partial charge in [0.1, 0.15) is 17.5 Å². The van der Waals surface area contributed by atoms with Gasteiger partial charge in [0.05, 0.1) is 29.0 Å². The molecule has 1 aromatic carbocycles. The summed E-state index contributed by atoms with van der Waals surface area (Å²) < 4.78 is 12.5. The minimum absolute atomic E-state index is 0.0850. The number of hydrogen-bond donors (Lipinski definition) is 2. The summed E-state index contributed by atoms with van der Waals surface area (Å²) in [6.45, 7) is 4.88. The quantitative estimate of drug-likeness (QED) is 0.350. The van der Waals surface area contributed by atoms with Crippen LogP contribution in [0.1, 0.15) is 29.2 Å². The molecule has 3 N–H and O–H groups in total. The van der Waals surface area contributed by atoms with Crippen molar-refractivity contribution < 1.29 is 19.2 Å². The minimum atomic E-state index is -0.801. The van der Waals surface area contributed by atoms with Crippen LogP contribution in [0.15, 0.2) is 16.9 Å². The fourth-order valence-electron chi connectivity index (χ4n) is 3.32. The SMILES string of the molecule is CCOC(=O)c1c(C)n(C2CNCCO2)c2ccc([N+](=O)[O-])c(N)c2c1=O. The number of anilines is 1. The molecule has 0 bridgehead atoms. The van der Waals surface area contributed by atoms with Crippen LogP contribution in [0.2, 0.25) is 0 Å². The molecule has 1 unspecified atom stereocenters. The number of nitrogens with one attached hydrogen (secondary N) is 1. The maximum atomic E-state index is 13.0. The second-order valence-electron chi connectivity index (χ2n) is 6.06. The van der Waals surface area contributed by atoms with Gasteiger partial charge in [0.2, 0.25) is 5.43 Å². The molecule has 3 rings (SSSR count). The van der Waals surface area contributed by atoms with Crippen LogP contribution in [0.4, 0.5) is 11.4 Å². The highest BCUT2D eigenvalue weighted by Gasteiger charge is 2.29. The summed E-state index contributed by atoms with van der Waals surface area (Å²) in [7, 11) is 0. The van der Waals surface area contributed by atoms with Gasteiger partial charge >= 0.3 is 5.97 Å². The normalized spacial score (nSPS) is 17.0. The molecule has 1 aliphatic heterocycles. The molecule has 0 amide bonds. The van der Waals surface area contributed by atoms with E-state index in [2.05, 4.69) is 5.32 Å². The number of nitro groups is 1. The number of nitro benzene ring substituents is 1. The first-order chi connectivity index (χ1) is 12.9. The molecule has 0 spiro atoms. The Balaban J connectivity index is 2.41. The van der Waals surface area contributed by atoms with Gasteiger partial charge < -0.3 is 25.1 Å². The summed E-state index contributed by atoms with van der Waals surface area (Å²) in [5, 5.41) is 14.3. The highest BCUT2D eigenvalue weighted by Crippen LogP contribution is 2.32. The van der Waals surface area contributed by atoms with Crippen LogP contribution >= 0.6 is 0 Å². The van der Waals surface area contributed by atoms with Gasteiger partial charge in [-0.2, -0.15) is 0 Å². The van der Waals surface area contributed by atoms with E-state index in [0.717, 1.165) is 0 Å². The summed E-state index contributed by atoms with van der Waals surface area (Å²) in [6.07, 6.45) is -0.504. The van der Waals surface area contributed by atoms with Gasteiger partial charge in [-0.25, -0.2) is 4.79 Å². The standard InChI is InChI=1S/C17H20N4O6/c1-3-26-17(23)13-9(2)20(12-8-19-6-7-27-12)10-4-5-11(21(24)25)15(18)14(10)16(13)22/h4-5,12,19H,3,6-8,18H2,1-2H3. The van der Waals surface area contributed by atoms with Crippen LogP contribution < -0.4 is 16.5 Å². The van der Waals surface area contributed by atoms with Gasteiger partial charge in [0, 0.05) is 24.8 Å². The Kier molecular flexibility index (Phi) is 5.10. The zero-order valence-electron chi connectivity index (χ0n) is 15.0. The maximum absolute atomic E-state index is 13.0. The lowest BCUT2D eigenvalue weighted by molar-refractivity contribution is -0.383. The third kappa shape index (κ3) is 3.13. The smallest absolute Gasteiger partial charge is 0.343 e. The molecule has 2 aromatic rings. The lowest BCUT2D eigenvalue weighted by Crippen LogP contribution is -2.38. The van der Waals surface area contributed by atoms with Gasteiger partial charge in [-0.15, -0.1) is 0 Å². The summed E-state index contributed by atoms with van der Waals surface area (Å²) in [5.74, 6) is -0.801. The molecule has 1 aliphatic rings. The van der Waals surface area contributed by atoms with Gasteiger partial charge in [-0.1, -0.05) is 0 Å². The van der Waals surface area contributed by atoms with E-state index in [1.54, 1.807) is 18.4 Å². The second kappa shape index (κ2) is 7.33.